The first kappa shape index (κ1) is 27.5. The van der Waals surface area contributed by atoms with Gasteiger partial charge < -0.3 is 15.4 Å². The molecule has 4 atom stereocenters. The molecule has 1 fully saturated rings. The van der Waals surface area contributed by atoms with Crippen molar-refractivity contribution in [3.8, 4) is 0 Å². The fraction of sp³-hybridized carbons (Fsp3) is 0.700. The van der Waals surface area contributed by atoms with Gasteiger partial charge in [0.1, 0.15) is 12.1 Å². The molecule has 4 amide bonds. The zero-order valence-corrected chi connectivity index (χ0v) is 19.5. The van der Waals surface area contributed by atoms with Gasteiger partial charge in [-0.15, -0.1) is 11.6 Å². The minimum atomic E-state index is -1.04. The number of rotatable bonds is 11. The zero-order valence-electron chi connectivity index (χ0n) is 18.7. The number of alkyl halides is 1. The number of carbonyl (C=O) groups is 6. The van der Waals surface area contributed by atoms with Crippen LogP contribution in [0.3, 0.4) is 0 Å². The molecule has 32 heavy (non-hydrogen) atoms. The Kier molecular flexibility index (Phi) is 11.3. The van der Waals surface area contributed by atoms with Crippen molar-refractivity contribution >= 4 is 47.0 Å². The molecule has 0 aliphatic carbocycles. The maximum atomic E-state index is 12.6. The highest BCUT2D eigenvalue weighted by atomic mass is 35.5. The predicted molar refractivity (Wildman–Crippen MR) is 115 cm³/mol. The summed E-state index contributed by atoms with van der Waals surface area (Å²) in [7, 11) is 1.21. The molecule has 0 radical (unpaired) electrons. The Bertz CT molecular complexity index is 745. The molecule has 1 heterocycles. The van der Waals surface area contributed by atoms with Gasteiger partial charge in [-0.05, 0) is 40.2 Å². The molecule has 0 spiro atoms. The quantitative estimate of drug-likeness (QED) is 0.261. The lowest BCUT2D eigenvalue weighted by molar-refractivity contribution is -0.142. The highest BCUT2D eigenvalue weighted by Crippen LogP contribution is 2.21. The second-order valence-electron chi connectivity index (χ2n) is 7.62. The van der Waals surface area contributed by atoms with E-state index in [9.17, 15) is 28.8 Å². The molecule has 0 bridgehead atoms. The van der Waals surface area contributed by atoms with Gasteiger partial charge in [-0.1, -0.05) is 0 Å². The number of halogens is 1. The molecule has 1 saturated heterocycles. The monoisotopic (exact) mass is 474 g/mol. The molecular weight excluding hydrogens is 444 g/mol. The van der Waals surface area contributed by atoms with E-state index in [-0.39, 0.29) is 24.5 Å². The van der Waals surface area contributed by atoms with Crippen LogP contribution in [0.1, 0.15) is 46.5 Å². The topological polar surface area (TPSA) is 151 Å². The second-order valence-corrected chi connectivity index (χ2v) is 7.89. The number of esters is 1. The van der Waals surface area contributed by atoms with E-state index >= 15 is 0 Å². The maximum Gasteiger partial charge on any atom is 0.306 e. The summed E-state index contributed by atoms with van der Waals surface area (Å²) in [6.07, 6.45) is 0.933. The summed E-state index contributed by atoms with van der Waals surface area (Å²) in [6, 6.07) is -3.19. The SMILES string of the molecule is COC(=O)CCC(=O)N[C@@H](C)C(=O)N[C@@H](C)C(=O)NC(=O)[C@@H]1CCCN1[C@@H](C)C(=O)CCl. The van der Waals surface area contributed by atoms with Crippen molar-refractivity contribution in [1.82, 2.24) is 20.9 Å². The Morgan fingerprint density at radius 1 is 1.00 bits per heavy atom. The van der Waals surface area contributed by atoms with Crippen LogP contribution in [0.25, 0.3) is 0 Å². The summed E-state index contributed by atoms with van der Waals surface area (Å²) in [6.45, 7) is 5.03. The van der Waals surface area contributed by atoms with Gasteiger partial charge in [0, 0.05) is 6.42 Å². The van der Waals surface area contributed by atoms with E-state index in [2.05, 4.69) is 20.7 Å². The lowest BCUT2D eigenvalue weighted by Gasteiger charge is -2.28. The van der Waals surface area contributed by atoms with E-state index in [1.165, 1.54) is 21.0 Å². The third kappa shape index (κ3) is 8.19. The van der Waals surface area contributed by atoms with Crippen molar-refractivity contribution < 1.29 is 33.5 Å². The fourth-order valence-corrected chi connectivity index (χ4v) is 3.47. The molecule has 1 rings (SSSR count). The summed E-state index contributed by atoms with van der Waals surface area (Å²) in [5, 5.41) is 7.11. The van der Waals surface area contributed by atoms with E-state index in [1.54, 1.807) is 11.8 Å². The third-order valence-corrected chi connectivity index (χ3v) is 5.51. The summed E-state index contributed by atoms with van der Waals surface area (Å²) >= 11 is 5.60. The normalized spacial score (nSPS) is 18.7. The molecule has 1 aliphatic heterocycles. The Morgan fingerprint density at radius 3 is 2.22 bits per heavy atom. The van der Waals surface area contributed by atoms with E-state index < -0.39 is 53.8 Å². The molecule has 0 aromatic rings. The van der Waals surface area contributed by atoms with Crippen molar-refractivity contribution in [2.75, 3.05) is 19.5 Å². The summed E-state index contributed by atoms with van der Waals surface area (Å²) in [5.74, 6) is -3.33. The lowest BCUT2D eigenvalue weighted by Crippen LogP contribution is -2.55. The molecule has 180 valence electrons. The summed E-state index contributed by atoms with van der Waals surface area (Å²) in [5.41, 5.74) is 0. The first-order valence-electron chi connectivity index (χ1n) is 10.4. The van der Waals surface area contributed by atoms with Gasteiger partial charge in [-0.2, -0.15) is 0 Å². The first-order chi connectivity index (χ1) is 15.0. The fourth-order valence-electron chi connectivity index (χ4n) is 3.24. The number of likely N-dealkylation sites (tertiary alicyclic amines) is 1. The Hall–Kier alpha value is -2.53. The summed E-state index contributed by atoms with van der Waals surface area (Å²) < 4.78 is 4.44. The smallest absolute Gasteiger partial charge is 0.306 e. The first-order valence-corrected chi connectivity index (χ1v) is 10.9. The number of imide groups is 1. The number of ketones is 1. The van der Waals surface area contributed by atoms with E-state index in [0.717, 1.165) is 0 Å². The van der Waals surface area contributed by atoms with Crippen LogP contribution in [0.4, 0.5) is 0 Å². The molecular formula is C20H31ClN4O7. The van der Waals surface area contributed by atoms with E-state index in [0.29, 0.717) is 19.4 Å². The highest BCUT2D eigenvalue weighted by molar-refractivity contribution is 6.28. The number of Topliss-reactive ketones (excluding diaryl/α,β-unsaturated/α-hetero) is 1. The Balaban J connectivity index is 2.54. The van der Waals surface area contributed by atoms with Gasteiger partial charge in [0.25, 0.3) is 0 Å². The number of hydrogen-bond acceptors (Lipinski definition) is 8. The van der Waals surface area contributed by atoms with Crippen molar-refractivity contribution in [1.29, 1.82) is 0 Å². The van der Waals surface area contributed by atoms with Gasteiger partial charge in [-0.3, -0.25) is 39.0 Å². The largest absolute Gasteiger partial charge is 0.469 e. The van der Waals surface area contributed by atoms with Crippen LogP contribution in [-0.2, 0) is 33.5 Å². The molecule has 3 N–H and O–H groups in total. The Labute approximate surface area is 191 Å². The van der Waals surface area contributed by atoms with Crippen LogP contribution in [0.15, 0.2) is 0 Å². The minimum Gasteiger partial charge on any atom is -0.469 e. The van der Waals surface area contributed by atoms with Crippen molar-refractivity contribution in [2.24, 2.45) is 0 Å². The van der Waals surface area contributed by atoms with Crippen molar-refractivity contribution in [3.05, 3.63) is 0 Å². The standard InChI is InChI=1S/C20H31ClN4O7/c1-11(22-16(27)7-8-17(28)32-4)18(29)23-12(2)19(30)24-20(31)14-6-5-9-25(14)13(3)15(26)10-21/h11-14H,5-10H2,1-4H3,(H,22,27)(H,23,29)(H,24,30,31)/t11-,12-,13-,14-/m0/s1. The van der Waals surface area contributed by atoms with Gasteiger partial charge in [0.05, 0.1) is 31.5 Å². The maximum absolute atomic E-state index is 12.6. The third-order valence-electron chi connectivity index (χ3n) is 5.25. The van der Waals surface area contributed by atoms with Gasteiger partial charge >= 0.3 is 5.97 Å². The minimum absolute atomic E-state index is 0.120. The van der Waals surface area contributed by atoms with Crippen molar-refractivity contribution in [2.45, 2.75) is 70.6 Å². The van der Waals surface area contributed by atoms with Crippen LogP contribution < -0.4 is 16.0 Å². The second kappa shape index (κ2) is 13.1. The van der Waals surface area contributed by atoms with Gasteiger partial charge in [-0.25, -0.2) is 0 Å². The van der Waals surface area contributed by atoms with Gasteiger partial charge in [0.2, 0.25) is 23.6 Å². The molecule has 0 aromatic carbocycles. The van der Waals surface area contributed by atoms with E-state index in [4.69, 9.17) is 11.6 Å². The highest BCUT2D eigenvalue weighted by Gasteiger charge is 2.37. The lowest BCUT2D eigenvalue weighted by atomic mass is 10.1. The number of methoxy groups -OCH3 is 1. The number of nitrogens with one attached hydrogen (secondary N) is 3. The van der Waals surface area contributed by atoms with E-state index in [1.807, 2.05) is 0 Å². The average Bonchev–Trinajstić information content (AvgIpc) is 3.25. The zero-order chi connectivity index (χ0) is 24.4. The Morgan fingerprint density at radius 2 is 1.62 bits per heavy atom. The average molecular weight is 475 g/mol. The summed E-state index contributed by atoms with van der Waals surface area (Å²) in [4.78, 5) is 73.6. The number of carbonyl (C=O) groups excluding carboxylic acids is 6. The molecule has 12 heteroatoms. The number of ether oxygens (including phenoxy) is 1. The van der Waals surface area contributed by atoms with Crippen LogP contribution in [0, 0.1) is 0 Å². The van der Waals surface area contributed by atoms with Crippen LogP contribution in [-0.4, -0.2) is 84.0 Å². The molecule has 0 saturated carbocycles. The van der Waals surface area contributed by atoms with Crippen LogP contribution >= 0.6 is 11.6 Å². The van der Waals surface area contributed by atoms with Gasteiger partial charge in [0.15, 0.2) is 5.78 Å². The van der Waals surface area contributed by atoms with Crippen molar-refractivity contribution in [3.63, 3.8) is 0 Å². The molecule has 11 nitrogen and oxygen atoms in total. The number of amides is 4. The van der Waals surface area contributed by atoms with Crippen LogP contribution in [0.2, 0.25) is 0 Å². The molecule has 0 unspecified atom stereocenters. The molecule has 1 aliphatic rings. The number of nitrogens with zero attached hydrogens (tertiary/aromatic N) is 1. The van der Waals surface area contributed by atoms with Crippen LogP contribution in [0.5, 0.6) is 0 Å². The predicted octanol–water partition coefficient (Wildman–Crippen LogP) is -0.747. The molecule has 0 aromatic heterocycles. The number of hydrogen-bond donors (Lipinski definition) is 3.